The summed E-state index contributed by atoms with van der Waals surface area (Å²) < 4.78 is 13.2. The molecular weight excluding hydrogens is 436 g/mol. The van der Waals surface area contributed by atoms with Crippen LogP contribution in [0, 0.1) is 11.7 Å². The molecule has 0 bridgehead atoms. The highest BCUT2D eigenvalue weighted by atomic mass is 35.5. The van der Waals surface area contributed by atoms with Crippen LogP contribution in [0.1, 0.15) is 29.8 Å². The van der Waals surface area contributed by atoms with E-state index in [9.17, 15) is 9.18 Å². The van der Waals surface area contributed by atoms with Crippen molar-refractivity contribution >= 4 is 29.1 Å². The molecule has 2 heterocycles. The smallest absolute Gasteiger partial charge is 0.226 e. The number of aromatic nitrogens is 2. The first-order valence-corrected chi connectivity index (χ1v) is 11.3. The first kappa shape index (κ1) is 20.5. The topological polar surface area (TPSA) is 49.0 Å². The van der Waals surface area contributed by atoms with Gasteiger partial charge in [0.2, 0.25) is 5.91 Å². The summed E-state index contributed by atoms with van der Waals surface area (Å²) in [6.07, 6.45) is 5.75. The molecule has 31 heavy (non-hydrogen) atoms. The van der Waals surface area contributed by atoms with Crippen molar-refractivity contribution in [2.45, 2.75) is 38.1 Å². The van der Waals surface area contributed by atoms with Crippen LogP contribution in [0.25, 0.3) is 11.1 Å². The molecule has 7 heteroatoms. The number of halogens is 3. The van der Waals surface area contributed by atoms with Crippen LogP contribution in [-0.2, 0) is 24.1 Å². The summed E-state index contributed by atoms with van der Waals surface area (Å²) in [5.74, 6) is -0.221. The van der Waals surface area contributed by atoms with Gasteiger partial charge < -0.3 is 9.88 Å². The van der Waals surface area contributed by atoms with Gasteiger partial charge >= 0.3 is 0 Å². The predicted molar refractivity (Wildman–Crippen MR) is 120 cm³/mol. The number of carbonyl (C=O) groups excluding carboxylic acids is 1. The van der Waals surface area contributed by atoms with E-state index in [1.54, 1.807) is 18.5 Å². The Hall–Kier alpha value is -2.37. The van der Waals surface area contributed by atoms with Crippen LogP contribution in [-0.4, -0.2) is 33.4 Å². The minimum absolute atomic E-state index is 0.116. The van der Waals surface area contributed by atoms with Crippen LogP contribution in [0.3, 0.4) is 0 Å². The number of carbonyl (C=O) groups is 1. The molecule has 1 unspecified atom stereocenters. The fourth-order valence-electron chi connectivity index (χ4n) is 4.82. The van der Waals surface area contributed by atoms with Crippen LogP contribution >= 0.6 is 23.2 Å². The average molecular weight is 458 g/mol. The Morgan fingerprint density at radius 1 is 1.10 bits per heavy atom. The molecule has 2 atom stereocenters. The van der Waals surface area contributed by atoms with Crippen molar-refractivity contribution < 1.29 is 9.18 Å². The Labute approximate surface area is 190 Å². The summed E-state index contributed by atoms with van der Waals surface area (Å²) in [4.78, 5) is 22.8. The fraction of sp³-hybridized carbons (Fsp3) is 0.333. The molecule has 0 radical (unpaired) electrons. The number of fused-ring (bicyclic) bond motifs is 1. The van der Waals surface area contributed by atoms with Gasteiger partial charge in [-0.25, -0.2) is 9.37 Å². The van der Waals surface area contributed by atoms with Gasteiger partial charge in [-0.3, -0.25) is 4.79 Å². The second-order valence-electron chi connectivity index (χ2n) is 8.37. The van der Waals surface area contributed by atoms with Crippen molar-refractivity contribution in [1.82, 2.24) is 14.9 Å². The highest BCUT2D eigenvalue weighted by Crippen LogP contribution is 2.36. The lowest BCUT2D eigenvalue weighted by Gasteiger charge is -2.31. The predicted octanol–water partition coefficient (Wildman–Crippen LogP) is 5.47. The summed E-state index contributed by atoms with van der Waals surface area (Å²) >= 11 is 13.2. The zero-order chi connectivity index (χ0) is 21.5. The summed E-state index contributed by atoms with van der Waals surface area (Å²) in [6, 6.07) is 10.1. The van der Waals surface area contributed by atoms with Crippen molar-refractivity contribution in [3.63, 3.8) is 0 Å². The normalized spacial score (nSPS) is 20.9. The van der Waals surface area contributed by atoms with Crippen LogP contribution in [0.15, 0.2) is 42.7 Å². The third-order valence-corrected chi connectivity index (χ3v) is 7.20. The number of hydrogen-bond donors (Lipinski definition) is 1. The summed E-state index contributed by atoms with van der Waals surface area (Å²) in [5.41, 5.74) is 4.74. The van der Waals surface area contributed by atoms with Gasteiger partial charge in [0.05, 0.1) is 12.0 Å². The van der Waals surface area contributed by atoms with E-state index in [0.717, 1.165) is 60.3 Å². The molecule has 1 N–H and O–H groups in total. The molecule has 0 spiro atoms. The van der Waals surface area contributed by atoms with Crippen LogP contribution in [0.4, 0.5) is 4.39 Å². The number of likely N-dealkylation sites (tertiary alicyclic amines) is 1. The van der Waals surface area contributed by atoms with Crippen LogP contribution < -0.4 is 0 Å². The highest BCUT2D eigenvalue weighted by Gasteiger charge is 2.38. The number of amides is 1. The monoisotopic (exact) mass is 457 g/mol. The Morgan fingerprint density at radius 3 is 2.58 bits per heavy atom. The number of hydrogen-bond acceptors (Lipinski definition) is 2. The summed E-state index contributed by atoms with van der Waals surface area (Å²) in [5, 5.41) is 1.08. The van der Waals surface area contributed by atoms with Gasteiger partial charge in [0, 0.05) is 40.7 Å². The van der Waals surface area contributed by atoms with E-state index in [1.807, 2.05) is 17.0 Å². The number of benzene rings is 2. The molecule has 1 saturated heterocycles. The van der Waals surface area contributed by atoms with Gasteiger partial charge in [-0.2, -0.15) is 0 Å². The molecule has 3 aromatic rings. The number of imidazole rings is 1. The Bertz CT molecular complexity index is 1110. The molecule has 1 aliphatic carbocycles. The zero-order valence-electron chi connectivity index (χ0n) is 16.9. The molecule has 2 aromatic carbocycles. The molecule has 1 aromatic heterocycles. The van der Waals surface area contributed by atoms with E-state index < -0.39 is 0 Å². The maximum atomic E-state index is 13.2. The Kier molecular flexibility index (Phi) is 5.49. The van der Waals surface area contributed by atoms with Crippen molar-refractivity contribution in [1.29, 1.82) is 0 Å². The quantitative estimate of drug-likeness (QED) is 0.564. The van der Waals surface area contributed by atoms with Crippen LogP contribution in [0.2, 0.25) is 10.0 Å². The van der Waals surface area contributed by atoms with Gasteiger partial charge in [-0.05, 0) is 66.6 Å². The van der Waals surface area contributed by atoms with Gasteiger partial charge in [0.15, 0.2) is 0 Å². The van der Waals surface area contributed by atoms with Crippen molar-refractivity contribution in [2.24, 2.45) is 5.92 Å². The molecule has 4 nitrogen and oxygen atoms in total. The van der Waals surface area contributed by atoms with E-state index in [2.05, 4.69) is 9.97 Å². The highest BCUT2D eigenvalue weighted by molar-refractivity contribution is 6.36. The number of aromatic amines is 1. The largest absolute Gasteiger partial charge is 0.348 e. The van der Waals surface area contributed by atoms with Gasteiger partial charge in [-0.15, -0.1) is 0 Å². The van der Waals surface area contributed by atoms with E-state index in [4.69, 9.17) is 23.2 Å². The van der Waals surface area contributed by atoms with Crippen molar-refractivity contribution in [3.8, 4) is 11.1 Å². The second kappa shape index (κ2) is 8.29. The third kappa shape index (κ3) is 3.97. The summed E-state index contributed by atoms with van der Waals surface area (Å²) in [6.45, 7) is 0.764. The molecule has 2 aliphatic rings. The third-order valence-electron chi connectivity index (χ3n) is 6.52. The molecule has 1 fully saturated rings. The Morgan fingerprint density at radius 2 is 1.84 bits per heavy atom. The minimum atomic E-state index is -0.288. The molecule has 160 valence electrons. The molecule has 1 aliphatic heterocycles. The number of aryl methyl sites for hydroxylation is 1. The van der Waals surface area contributed by atoms with Gasteiger partial charge in [-0.1, -0.05) is 35.3 Å². The first-order valence-electron chi connectivity index (χ1n) is 10.5. The number of rotatable bonds is 4. The van der Waals surface area contributed by atoms with Crippen molar-refractivity contribution in [2.75, 3.05) is 6.54 Å². The SMILES string of the molecule is O=C1[C@H](Cc2c(Cl)cc(-c3ccc(F)cc3)cc2Cl)CCN1C1CCc2nc[nH]c2C1. The first-order chi connectivity index (χ1) is 15.0. The van der Waals surface area contributed by atoms with Gasteiger partial charge in [0.25, 0.3) is 0 Å². The molecule has 1 amide bonds. The molecule has 0 saturated carbocycles. The lowest BCUT2D eigenvalue weighted by Crippen LogP contribution is -2.41. The van der Waals surface area contributed by atoms with E-state index in [1.165, 1.54) is 12.1 Å². The molecule has 5 rings (SSSR count). The van der Waals surface area contributed by atoms with E-state index >= 15 is 0 Å². The lowest BCUT2D eigenvalue weighted by molar-refractivity contribution is -0.133. The van der Waals surface area contributed by atoms with Gasteiger partial charge in [0.1, 0.15) is 5.82 Å². The molecular formula is C24H22Cl2FN3O. The number of nitrogens with zero attached hydrogens (tertiary/aromatic N) is 2. The standard InChI is InChI=1S/C24H22Cl2FN3O/c25-20-10-16(14-1-3-17(27)4-2-14)11-21(26)19(20)9-15-7-8-30(24(15)31)18-5-6-22-23(12-18)29-13-28-22/h1-4,10-11,13,15,18H,5-9,12H2,(H,28,29)/t15-,18?/m0/s1. The fourth-order valence-corrected chi connectivity index (χ4v) is 5.46. The number of nitrogens with one attached hydrogen (secondary N) is 1. The van der Waals surface area contributed by atoms with E-state index in [0.29, 0.717) is 16.5 Å². The maximum absolute atomic E-state index is 13.2. The second-order valence-corrected chi connectivity index (χ2v) is 9.19. The van der Waals surface area contributed by atoms with Crippen molar-refractivity contribution in [3.05, 3.63) is 75.5 Å². The number of H-pyrrole nitrogens is 1. The average Bonchev–Trinajstić information content (AvgIpc) is 3.37. The van der Waals surface area contributed by atoms with Crippen LogP contribution in [0.5, 0.6) is 0 Å². The minimum Gasteiger partial charge on any atom is -0.348 e. The maximum Gasteiger partial charge on any atom is 0.226 e. The summed E-state index contributed by atoms with van der Waals surface area (Å²) in [7, 11) is 0. The zero-order valence-corrected chi connectivity index (χ0v) is 18.4. The Balaban J connectivity index is 1.31. The lowest BCUT2D eigenvalue weighted by atomic mass is 9.94. The van der Waals surface area contributed by atoms with E-state index in [-0.39, 0.29) is 23.7 Å².